The van der Waals surface area contributed by atoms with Gasteiger partial charge >= 0.3 is 0 Å². The van der Waals surface area contributed by atoms with Gasteiger partial charge in [0, 0.05) is 42.2 Å². The lowest BCUT2D eigenvalue weighted by atomic mass is 9.92. The van der Waals surface area contributed by atoms with Crippen molar-refractivity contribution in [1.29, 1.82) is 0 Å². The minimum atomic E-state index is 0.338. The summed E-state index contributed by atoms with van der Waals surface area (Å²) in [5.74, 6) is 1.91. The van der Waals surface area contributed by atoms with E-state index in [-0.39, 0.29) is 0 Å². The number of likely N-dealkylation sites (tertiary alicyclic amines) is 1. The van der Waals surface area contributed by atoms with Crippen LogP contribution in [0.4, 0.5) is 0 Å². The molecule has 0 spiro atoms. The summed E-state index contributed by atoms with van der Waals surface area (Å²) in [6.45, 7) is 1.77. The second-order valence-electron chi connectivity index (χ2n) is 7.70. The lowest BCUT2D eigenvalue weighted by Crippen LogP contribution is -2.38. The van der Waals surface area contributed by atoms with Gasteiger partial charge in [0.15, 0.2) is 5.65 Å². The van der Waals surface area contributed by atoms with Crippen LogP contribution in [0.15, 0.2) is 24.4 Å². The number of rotatable bonds is 3. The van der Waals surface area contributed by atoms with Crippen molar-refractivity contribution in [3.63, 3.8) is 0 Å². The van der Waals surface area contributed by atoms with Crippen molar-refractivity contribution in [1.82, 2.24) is 14.9 Å². The molecule has 1 saturated heterocycles. The van der Waals surface area contributed by atoms with Crippen molar-refractivity contribution in [3.05, 3.63) is 35.7 Å². The fourth-order valence-corrected chi connectivity index (χ4v) is 3.89. The molecule has 0 atom stereocenters. The average molecular weight is 321 g/mol. The number of piperidine rings is 1. The monoisotopic (exact) mass is 321 g/mol. The van der Waals surface area contributed by atoms with E-state index in [4.69, 9.17) is 4.98 Å². The predicted molar refractivity (Wildman–Crippen MR) is 92.8 cm³/mol. The number of pyridine rings is 2. The van der Waals surface area contributed by atoms with E-state index in [1.165, 1.54) is 18.4 Å². The third kappa shape index (κ3) is 2.68. The number of fused-ring (bicyclic) bond motifs is 1. The molecule has 0 bridgehead atoms. The number of aromatic nitrogens is 2. The molecule has 3 heterocycles. The molecule has 3 aliphatic rings. The third-order valence-electron chi connectivity index (χ3n) is 5.79. The first-order valence-electron chi connectivity index (χ1n) is 9.33. The molecule has 2 saturated carbocycles. The Hall–Kier alpha value is -1.97. The van der Waals surface area contributed by atoms with E-state index in [1.807, 2.05) is 6.20 Å². The highest BCUT2D eigenvalue weighted by Gasteiger charge is 2.35. The molecule has 0 unspecified atom stereocenters. The van der Waals surface area contributed by atoms with Gasteiger partial charge < -0.3 is 4.90 Å². The number of hydrogen-bond acceptors (Lipinski definition) is 3. The minimum Gasteiger partial charge on any atom is -0.342 e. The highest BCUT2D eigenvalue weighted by molar-refractivity contribution is 5.81. The Labute approximate surface area is 142 Å². The Morgan fingerprint density at radius 1 is 1.00 bits per heavy atom. The maximum Gasteiger partial charge on any atom is 0.225 e. The number of carbonyl (C=O) groups is 1. The van der Waals surface area contributed by atoms with E-state index in [0.29, 0.717) is 17.7 Å². The molecule has 124 valence electrons. The number of hydrogen-bond donors (Lipinski definition) is 0. The van der Waals surface area contributed by atoms with Crippen LogP contribution in [-0.2, 0) is 4.79 Å². The average Bonchev–Trinajstić information content (AvgIpc) is 3.52. The SMILES string of the molecule is O=C(C1CC1)N1CCC(c2ccc3cc(C4CC4)cnc3n2)CC1. The highest BCUT2D eigenvalue weighted by atomic mass is 16.2. The van der Waals surface area contributed by atoms with E-state index in [2.05, 4.69) is 28.1 Å². The van der Waals surface area contributed by atoms with Crippen LogP contribution in [0.2, 0.25) is 0 Å². The van der Waals surface area contributed by atoms with E-state index < -0.39 is 0 Å². The van der Waals surface area contributed by atoms with Crippen LogP contribution >= 0.6 is 0 Å². The van der Waals surface area contributed by atoms with Gasteiger partial charge in [-0.3, -0.25) is 4.79 Å². The summed E-state index contributed by atoms with van der Waals surface area (Å²) in [6, 6.07) is 6.61. The Morgan fingerprint density at radius 3 is 2.50 bits per heavy atom. The zero-order chi connectivity index (χ0) is 16.1. The minimum absolute atomic E-state index is 0.338. The van der Waals surface area contributed by atoms with Crippen molar-refractivity contribution in [2.24, 2.45) is 5.92 Å². The summed E-state index contributed by atoms with van der Waals surface area (Å²) in [5, 5.41) is 1.16. The van der Waals surface area contributed by atoms with Gasteiger partial charge in [0.25, 0.3) is 0 Å². The Bertz CT molecular complexity index is 787. The Balaban J connectivity index is 1.31. The molecule has 2 aliphatic carbocycles. The van der Waals surface area contributed by atoms with Gasteiger partial charge in [-0.15, -0.1) is 0 Å². The highest BCUT2D eigenvalue weighted by Crippen LogP contribution is 2.40. The number of carbonyl (C=O) groups excluding carboxylic acids is 1. The topological polar surface area (TPSA) is 46.1 Å². The third-order valence-corrected chi connectivity index (χ3v) is 5.79. The Morgan fingerprint density at radius 2 is 1.79 bits per heavy atom. The molecule has 1 aliphatic heterocycles. The molecule has 24 heavy (non-hydrogen) atoms. The van der Waals surface area contributed by atoms with E-state index in [9.17, 15) is 4.79 Å². The Kier molecular flexibility index (Phi) is 3.32. The molecule has 4 heteroatoms. The zero-order valence-corrected chi connectivity index (χ0v) is 13.9. The summed E-state index contributed by atoms with van der Waals surface area (Å²) < 4.78 is 0. The molecular weight excluding hydrogens is 298 g/mol. The van der Waals surface area contributed by atoms with Crippen LogP contribution in [0, 0.1) is 5.92 Å². The van der Waals surface area contributed by atoms with Crippen LogP contribution in [-0.4, -0.2) is 33.9 Å². The summed E-state index contributed by atoms with van der Waals surface area (Å²) in [4.78, 5) is 23.7. The van der Waals surface area contributed by atoms with Crippen LogP contribution in [0.5, 0.6) is 0 Å². The molecule has 1 amide bonds. The predicted octanol–water partition coefficient (Wildman–Crippen LogP) is 3.62. The lowest BCUT2D eigenvalue weighted by Gasteiger charge is -2.32. The van der Waals surface area contributed by atoms with Gasteiger partial charge in [-0.05, 0) is 68.2 Å². The van der Waals surface area contributed by atoms with Gasteiger partial charge in [-0.25, -0.2) is 9.97 Å². The van der Waals surface area contributed by atoms with Gasteiger partial charge in [-0.1, -0.05) is 0 Å². The molecule has 0 aromatic carbocycles. The molecular formula is C20H23N3O. The summed E-state index contributed by atoms with van der Waals surface area (Å²) in [5.41, 5.74) is 3.38. The fraction of sp³-hybridized carbons (Fsp3) is 0.550. The summed E-state index contributed by atoms with van der Waals surface area (Å²) in [6.07, 6.45) is 8.86. The van der Waals surface area contributed by atoms with Gasteiger partial charge in [-0.2, -0.15) is 0 Å². The second kappa shape index (κ2) is 5.54. The quantitative estimate of drug-likeness (QED) is 0.867. The van der Waals surface area contributed by atoms with Crippen molar-refractivity contribution in [2.75, 3.05) is 13.1 Å². The van der Waals surface area contributed by atoms with E-state index in [1.54, 1.807) is 0 Å². The summed E-state index contributed by atoms with van der Waals surface area (Å²) >= 11 is 0. The van der Waals surface area contributed by atoms with Gasteiger partial charge in [0.05, 0.1) is 0 Å². The van der Waals surface area contributed by atoms with Crippen LogP contribution < -0.4 is 0 Å². The standard InChI is InChI=1S/C20H23N3O/c24-20(15-3-4-15)23-9-7-14(8-10-23)18-6-5-16-11-17(13-1-2-13)12-21-19(16)22-18/h5-6,11-15H,1-4,7-10H2. The van der Waals surface area contributed by atoms with Crippen LogP contribution in [0.3, 0.4) is 0 Å². The van der Waals surface area contributed by atoms with Gasteiger partial charge in [0.1, 0.15) is 0 Å². The van der Waals surface area contributed by atoms with Crippen LogP contribution in [0.25, 0.3) is 11.0 Å². The first-order valence-corrected chi connectivity index (χ1v) is 9.33. The van der Waals surface area contributed by atoms with E-state index in [0.717, 1.165) is 61.4 Å². The van der Waals surface area contributed by atoms with Crippen molar-refractivity contribution in [3.8, 4) is 0 Å². The maximum atomic E-state index is 12.2. The molecule has 0 N–H and O–H groups in total. The largest absolute Gasteiger partial charge is 0.342 e. The number of nitrogens with zero attached hydrogens (tertiary/aromatic N) is 3. The zero-order valence-electron chi connectivity index (χ0n) is 13.9. The first kappa shape index (κ1) is 14.4. The first-order chi connectivity index (χ1) is 11.8. The van der Waals surface area contributed by atoms with E-state index >= 15 is 0 Å². The molecule has 4 nitrogen and oxygen atoms in total. The summed E-state index contributed by atoms with van der Waals surface area (Å²) in [7, 11) is 0. The number of amides is 1. The molecule has 5 rings (SSSR count). The van der Waals surface area contributed by atoms with Crippen molar-refractivity contribution < 1.29 is 4.79 Å². The molecule has 2 aromatic rings. The van der Waals surface area contributed by atoms with Crippen molar-refractivity contribution >= 4 is 16.9 Å². The smallest absolute Gasteiger partial charge is 0.225 e. The second-order valence-corrected chi connectivity index (χ2v) is 7.70. The maximum absolute atomic E-state index is 12.2. The lowest BCUT2D eigenvalue weighted by molar-refractivity contribution is -0.133. The molecule has 0 radical (unpaired) electrons. The van der Waals surface area contributed by atoms with Crippen LogP contribution in [0.1, 0.15) is 61.6 Å². The molecule has 2 aromatic heterocycles. The molecule has 3 fully saturated rings. The van der Waals surface area contributed by atoms with Gasteiger partial charge in [0.2, 0.25) is 5.91 Å². The normalized spacial score (nSPS) is 22.1. The van der Waals surface area contributed by atoms with Crippen molar-refractivity contribution in [2.45, 2.75) is 50.4 Å². The fourth-order valence-electron chi connectivity index (χ4n) is 3.89.